The molecule has 328 valence electrons. The molecule has 0 saturated carbocycles. The normalized spacial score (nSPS) is 22.1. The average Bonchev–Trinajstić information content (AvgIpc) is 3.25. The molecule has 3 aromatic carbocycles. The van der Waals surface area contributed by atoms with Crippen molar-refractivity contribution >= 4 is 41.5 Å². The van der Waals surface area contributed by atoms with Crippen LogP contribution in [0.1, 0.15) is 69.6 Å². The molecule has 0 aliphatic carbocycles. The van der Waals surface area contributed by atoms with Gasteiger partial charge in [0.15, 0.2) is 0 Å². The molecule has 8 N–H and O–H groups in total. The molecule has 1 saturated heterocycles. The number of amides is 7. The Morgan fingerprint density at radius 1 is 0.787 bits per heavy atom. The highest BCUT2D eigenvalue weighted by Gasteiger charge is 2.36. The first-order valence-electron chi connectivity index (χ1n) is 20.8. The summed E-state index contributed by atoms with van der Waals surface area (Å²) >= 11 is 0. The third kappa shape index (κ3) is 14.7. The second-order valence-electron chi connectivity index (χ2n) is 15.6. The Morgan fingerprint density at radius 2 is 1.41 bits per heavy atom. The predicted octanol–water partition coefficient (Wildman–Crippen LogP) is 2.58. The SMILES string of the molecule is CC[C@H](C)[C@@H]1NC(=O)[C@H](NC(=O)N[C@@H](Cc2ccc(O)cc2)C(=O)O)CCCCNC(=O)[C@H](Cc2ccccc2)NC(=O)[C@H](C)N(C)C(=O)[C@H](CCc2ccccc2)NC1=O. The Hall–Kier alpha value is -6.45. The lowest BCUT2D eigenvalue weighted by Crippen LogP contribution is -2.60. The van der Waals surface area contributed by atoms with Gasteiger partial charge in [0.1, 0.15) is 42.0 Å². The minimum absolute atomic E-state index is 0.00662. The molecule has 16 nitrogen and oxygen atoms in total. The molecule has 1 fully saturated rings. The van der Waals surface area contributed by atoms with E-state index in [-0.39, 0.29) is 38.0 Å². The van der Waals surface area contributed by atoms with Crippen molar-refractivity contribution in [2.24, 2.45) is 5.92 Å². The van der Waals surface area contributed by atoms with Gasteiger partial charge in [0.25, 0.3) is 0 Å². The molecule has 0 radical (unpaired) electrons. The Morgan fingerprint density at radius 3 is 2.03 bits per heavy atom. The summed E-state index contributed by atoms with van der Waals surface area (Å²) in [6, 6.07) is 16.5. The molecule has 0 unspecified atom stereocenters. The number of phenols is 1. The maximum absolute atomic E-state index is 14.3. The van der Waals surface area contributed by atoms with Gasteiger partial charge in [-0.1, -0.05) is 93.1 Å². The molecule has 61 heavy (non-hydrogen) atoms. The molecule has 0 aromatic heterocycles. The smallest absolute Gasteiger partial charge is 0.326 e. The number of carboxylic acids is 1. The van der Waals surface area contributed by atoms with Crippen molar-refractivity contribution in [2.45, 2.75) is 108 Å². The fourth-order valence-corrected chi connectivity index (χ4v) is 6.90. The fourth-order valence-electron chi connectivity index (χ4n) is 6.90. The number of rotatable bonds is 12. The monoisotopic (exact) mass is 841 g/mol. The molecule has 1 heterocycles. The number of nitrogens with one attached hydrogen (secondary N) is 6. The van der Waals surface area contributed by atoms with Crippen LogP contribution in [0.5, 0.6) is 5.75 Å². The zero-order valence-corrected chi connectivity index (χ0v) is 35.2. The molecular formula is C45H59N7O9. The van der Waals surface area contributed by atoms with E-state index in [4.69, 9.17) is 0 Å². The first-order valence-corrected chi connectivity index (χ1v) is 20.8. The van der Waals surface area contributed by atoms with E-state index >= 15 is 0 Å². The topological polar surface area (TPSA) is 235 Å². The number of hydrogen-bond donors (Lipinski definition) is 8. The number of benzene rings is 3. The lowest BCUT2D eigenvalue weighted by Gasteiger charge is -2.32. The van der Waals surface area contributed by atoms with Crippen molar-refractivity contribution < 1.29 is 43.8 Å². The largest absolute Gasteiger partial charge is 0.508 e. The average molecular weight is 842 g/mol. The van der Waals surface area contributed by atoms with Crippen molar-refractivity contribution in [1.29, 1.82) is 0 Å². The fraction of sp³-hybridized carbons (Fsp3) is 0.444. The molecule has 7 amide bonds. The number of carbonyl (C=O) groups is 7. The van der Waals surface area contributed by atoms with Crippen LogP contribution < -0.4 is 31.9 Å². The van der Waals surface area contributed by atoms with Crippen molar-refractivity contribution in [2.75, 3.05) is 13.6 Å². The van der Waals surface area contributed by atoms with Gasteiger partial charge in [-0.3, -0.25) is 24.0 Å². The van der Waals surface area contributed by atoms with Crippen LogP contribution in [0.15, 0.2) is 84.9 Å². The predicted molar refractivity (Wildman–Crippen MR) is 228 cm³/mol. The number of carboxylic acid groups (broad SMARTS) is 1. The number of aromatic hydroxyl groups is 1. The summed E-state index contributed by atoms with van der Waals surface area (Å²) in [5.41, 5.74) is 2.24. The molecule has 7 atom stereocenters. The number of carbonyl (C=O) groups excluding carboxylic acids is 6. The van der Waals surface area contributed by atoms with Gasteiger partial charge in [-0.2, -0.15) is 0 Å². The van der Waals surface area contributed by atoms with E-state index in [1.54, 1.807) is 13.8 Å². The van der Waals surface area contributed by atoms with Crippen LogP contribution in [-0.2, 0) is 48.0 Å². The molecule has 1 aliphatic rings. The maximum atomic E-state index is 14.3. The Balaban J connectivity index is 1.64. The van der Waals surface area contributed by atoms with Gasteiger partial charge in [-0.25, -0.2) is 9.59 Å². The van der Waals surface area contributed by atoms with Crippen LogP contribution >= 0.6 is 0 Å². The summed E-state index contributed by atoms with van der Waals surface area (Å²) in [4.78, 5) is 96.7. The Bertz CT molecular complexity index is 1950. The van der Waals surface area contributed by atoms with Gasteiger partial charge in [-0.05, 0) is 73.8 Å². The summed E-state index contributed by atoms with van der Waals surface area (Å²) in [6.07, 6.45) is 1.78. The number of hydrogen-bond acceptors (Lipinski definition) is 8. The molecule has 4 rings (SSSR count). The molecule has 0 bridgehead atoms. The van der Waals surface area contributed by atoms with E-state index in [0.29, 0.717) is 31.2 Å². The van der Waals surface area contributed by atoms with E-state index in [0.717, 1.165) is 11.1 Å². The number of nitrogens with zero attached hydrogens (tertiary/aromatic N) is 1. The molecule has 3 aromatic rings. The molecule has 16 heteroatoms. The number of aliphatic carboxylic acids is 1. The third-order valence-electron chi connectivity index (χ3n) is 11.0. The Labute approximate surface area is 356 Å². The van der Waals surface area contributed by atoms with E-state index in [2.05, 4.69) is 31.9 Å². The first kappa shape index (κ1) is 47.2. The van der Waals surface area contributed by atoms with E-state index in [1.807, 2.05) is 67.6 Å². The van der Waals surface area contributed by atoms with Gasteiger partial charge < -0.3 is 47.0 Å². The quantitative estimate of drug-likeness (QED) is 0.134. The van der Waals surface area contributed by atoms with E-state index in [1.165, 1.54) is 36.2 Å². The van der Waals surface area contributed by atoms with Crippen LogP contribution in [0.2, 0.25) is 0 Å². The minimum Gasteiger partial charge on any atom is -0.508 e. The number of urea groups is 1. The zero-order valence-electron chi connectivity index (χ0n) is 35.2. The number of aryl methyl sites for hydroxylation is 1. The van der Waals surface area contributed by atoms with Crippen LogP contribution in [0, 0.1) is 5.92 Å². The van der Waals surface area contributed by atoms with Gasteiger partial charge in [0.2, 0.25) is 29.5 Å². The summed E-state index contributed by atoms with van der Waals surface area (Å²) in [5.74, 6) is -4.69. The molecule has 0 spiro atoms. The Kier molecular flexibility index (Phi) is 18.1. The second-order valence-corrected chi connectivity index (χ2v) is 15.6. The van der Waals surface area contributed by atoms with Crippen LogP contribution in [0.25, 0.3) is 0 Å². The molecule has 1 aliphatic heterocycles. The van der Waals surface area contributed by atoms with E-state index in [9.17, 15) is 43.8 Å². The first-order chi connectivity index (χ1) is 29.2. The summed E-state index contributed by atoms with van der Waals surface area (Å²) < 4.78 is 0. The standard InChI is InChI=1S/C45H59N7O9/c1-5-28(2)38-42(57)47-35(24-21-30-14-8-6-9-15-30)43(58)52(4)29(3)39(54)48-36(26-31-16-10-7-11-17-31)40(55)46-25-13-12-18-34(41(56)51-38)49-45(61)50-37(44(59)60)27-32-19-22-33(53)23-20-32/h6-11,14-17,19-20,22-23,28-29,34-38,53H,5,12-13,18,21,24-27H2,1-4H3,(H,46,55)(H,47,57)(H,48,54)(H,51,56)(H,59,60)(H2,49,50,61)/t28-,29-,34+,35-,36-,37-,38-/m0/s1. The summed E-state index contributed by atoms with van der Waals surface area (Å²) in [7, 11) is 1.46. The molecular weight excluding hydrogens is 783 g/mol. The second kappa shape index (κ2) is 23.4. The van der Waals surface area contributed by atoms with Crippen molar-refractivity contribution in [3.63, 3.8) is 0 Å². The zero-order chi connectivity index (χ0) is 44.5. The lowest BCUT2D eigenvalue weighted by molar-refractivity contribution is -0.142. The van der Waals surface area contributed by atoms with Gasteiger partial charge >= 0.3 is 12.0 Å². The lowest BCUT2D eigenvalue weighted by atomic mass is 9.96. The van der Waals surface area contributed by atoms with Gasteiger partial charge in [0, 0.05) is 26.4 Å². The van der Waals surface area contributed by atoms with Crippen molar-refractivity contribution in [1.82, 2.24) is 36.8 Å². The summed E-state index contributed by atoms with van der Waals surface area (Å²) in [5, 5.41) is 35.9. The third-order valence-corrected chi connectivity index (χ3v) is 11.0. The number of phenolic OH excluding ortho intramolecular Hbond substituents is 1. The van der Waals surface area contributed by atoms with Gasteiger partial charge in [-0.15, -0.1) is 0 Å². The number of likely N-dealkylation sites (N-methyl/N-ethyl adjacent to an activating group) is 1. The van der Waals surface area contributed by atoms with Gasteiger partial charge in [0.05, 0.1) is 0 Å². The van der Waals surface area contributed by atoms with Crippen molar-refractivity contribution in [3.8, 4) is 5.75 Å². The summed E-state index contributed by atoms with van der Waals surface area (Å²) in [6.45, 7) is 5.31. The van der Waals surface area contributed by atoms with Crippen LogP contribution in [0.4, 0.5) is 4.79 Å². The van der Waals surface area contributed by atoms with Crippen LogP contribution in [-0.4, -0.2) is 106 Å². The highest BCUT2D eigenvalue weighted by Crippen LogP contribution is 2.15. The van der Waals surface area contributed by atoms with Crippen LogP contribution in [0.3, 0.4) is 0 Å². The van der Waals surface area contributed by atoms with Crippen molar-refractivity contribution in [3.05, 3.63) is 102 Å². The highest BCUT2D eigenvalue weighted by atomic mass is 16.4. The minimum atomic E-state index is -1.39. The van der Waals surface area contributed by atoms with E-state index < -0.39 is 83.7 Å². The highest BCUT2D eigenvalue weighted by molar-refractivity contribution is 5.96. The maximum Gasteiger partial charge on any atom is 0.326 e.